The third-order valence-corrected chi connectivity index (χ3v) is 2.48. The molecular weight excluding hydrogens is 230 g/mol. The third-order valence-electron chi connectivity index (χ3n) is 2.48. The lowest BCUT2D eigenvalue weighted by Crippen LogP contribution is -2.02. The monoisotopic (exact) mass is 247 g/mol. The van der Waals surface area contributed by atoms with E-state index in [0.717, 1.165) is 23.0 Å². The van der Waals surface area contributed by atoms with Crippen LogP contribution in [0.15, 0.2) is 30.6 Å². The van der Waals surface area contributed by atoms with Gasteiger partial charge in [-0.25, -0.2) is 4.98 Å². The number of rotatable bonds is 6. The van der Waals surface area contributed by atoms with Crippen molar-refractivity contribution in [2.75, 3.05) is 19.0 Å². The molecule has 18 heavy (non-hydrogen) atoms. The first-order valence-corrected chi connectivity index (χ1v) is 5.86. The Morgan fingerprint density at radius 1 is 1.33 bits per heavy atom. The second-order valence-electron chi connectivity index (χ2n) is 3.69. The third kappa shape index (κ3) is 2.94. The van der Waals surface area contributed by atoms with Crippen molar-refractivity contribution in [2.45, 2.75) is 13.5 Å². The van der Waals surface area contributed by atoms with Crippen LogP contribution in [0.3, 0.4) is 0 Å². The van der Waals surface area contributed by atoms with E-state index in [9.17, 15) is 0 Å². The highest BCUT2D eigenvalue weighted by atomic mass is 16.5. The minimum Gasteiger partial charge on any atom is -0.493 e. The lowest BCUT2D eigenvalue weighted by Gasteiger charge is -2.11. The molecule has 0 spiro atoms. The zero-order valence-electron chi connectivity index (χ0n) is 10.6. The number of nitrogens with zero attached hydrogens (tertiary/aromatic N) is 1. The highest BCUT2D eigenvalue weighted by Gasteiger charge is 2.05. The Hall–Kier alpha value is -2.17. The summed E-state index contributed by atoms with van der Waals surface area (Å²) in [5, 5.41) is 3.27. The van der Waals surface area contributed by atoms with E-state index in [1.807, 2.05) is 25.1 Å². The van der Waals surface area contributed by atoms with Gasteiger partial charge in [-0.3, -0.25) is 0 Å². The van der Waals surface area contributed by atoms with Gasteiger partial charge in [-0.1, -0.05) is 0 Å². The second kappa shape index (κ2) is 5.95. The predicted octanol–water partition coefficient (Wildman–Crippen LogP) is 2.43. The molecule has 2 rings (SSSR count). The lowest BCUT2D eigenvalue weighted by atomic mass is 10.2. The number of hydrogen-bond acceptors (Lipinski definition) is 4. The van der Waals surface area contributed by atoms with Crippen molar-refractivity contribution in [1.82, 2.24) is 9.97 Å². The minimum absolute atomic E-state index is 0.609. The van der Waals surface area contributed by atoms with Crippen LogP contribution in [0, 0.1) is 0 Å². The molecule has 0 aliphatic heterocycles. The zero-order chi connectivity index (χ0) is 12.8. The van der Waals surface area contributed by atoms with Gasteiger partial charge in [0.05, 0.1) is 20.3 Å². The van der Waals surface area contributed by atoms with Crippen molar-refractivity contribution in [3.05, 3.63) is 36.4 Å². The Labute approximate surface area is 106 Å². The van der Waals surface area contributed by atoms with E-state index >= 15 is 0 Å². The molecule has 0 aliphatic rings. The molecular formula is C13H17N3O2. The first kappa shape index (κ1) is 12.3. The number of ether oxygens (including phenoxy) is 2. The van der Waals surface area contributed by atoms with E-state index in [4.69, 9.17) is 9.47 Å². The topological polar surface area (TPSA) is 59.2 Å². The van der Waals surface area contributed by atoms with E-state index in [1.165, 1.54) is 0 Å². The Bertz CT molecular complexity index is 483. The average Bonchev–Trinajstić information content (AvgIpc) is 2.90. The Balaban J connectivity index is 2.06. The van der Waals surface area contributed by atoms with Gasteiger partial charge < -0.3 is 19.8 Å². The highest BCUT2D eigenvalue weighted by Crippen LogP contribution is 2.30. The van der Waals surface area contributed by atoms with Gasteiger partial charge in [-0.05, 0) is 19.1 Å². The summed E-state index contributed by atoms with van der Waals surface area (Å²) in [4.78, 5) is 7.19. The second-order valence-corrected chi connectivity index (χ2v) is 3.69. The van der Waals surface area contributed by atoms with Crippen LogP contribution in [-0.4, -0.2) is 23.7 Å². The van der Waals surface area contributed by atoms with Crippen molar-refractivity contribution in [3.8, 4) is 11.5 Å². The molecule has 2 N–H and O–H groups in total. The molecule has 5 nitrogen and oxygen atoms in total. The summed E-state index contributed by atoms with van der Waals surface area (Å²) in [6.45, 7) is 3.20. The Kier molecular flexibility index (Phi) is 4.06. The maximum absolute atomic E-state index is 5.52. The van der Waals surface area contributed by atoms with Gasteiger partial charge in [-0.2, -0.15) is 0 Å². The van der Waals surface area contributed by atoms with E-state index in [0.29, 0.717) is 13.2 Å². The molecule has 0 bridgehead atoms. The van der Waals surface area contributed by atoms with Crippen LogP contribution in [0.2, 0.25) is 0 Å². The maximum Gasteiger partial charge on any atom is 0.163 e. The smallest absolute Gasteiger partial charge is 0.163 e. The molecule has 1 heterocycles. The van der Waals surface area contributed by atoms with E-state index < -0.39 is 0 Å². The molecule has 0 aliphatic carbocycles. The molecule has 0 saturated carbocycles. The van der Waals surface area contributed by atoms with Gasteiger partial charge >= 0.3 is 0 Å². The lowest BCUT2D eigenvalue weighted by molar-refractivity contribution is 0.311. The van der Waals surface area contributed by atoms with Crippen molar-refractivity contribution in [1.29, 1.82) is 0 Å². The normalized spacial score (nSPS) is 10.1. The van der Waals surface area contributed by atoms with Crippen molar-refractivity contribution in [2.24, 2.45) is 0 Å². The summed E-state index contributed by atoms with van der Waals surface area (Å²) in [6.07, 6.45) is 3.54. The van der Waals surface area contributed by atoms with Gasteiger partial charge in [0.15, 0.2) is 11.5 Å². The molecule has 0 fully saturated rings. The maximum atomic E-state index is 5.52. The number of methoxy groups -OCH3 is 1. The van der Waals surface area contributed by atoms with Crippen LogP contribution in [-0.2, 0) is 6.54 Å². The number of benzene rings is 1. The number of H-pyrrole nitrogens is 1. The van der Waals surface area contributed by atoms with Gasteiger partial charge in [-0.15, -0.1) is 0 Å². The number of nitrogens with one attached hydrogen (secondary N) is 2. The zero-order valence-corrected chi connectivity index (χ0v) is 10.6. The molecule has 0 atom stereocenters. The number of imidazole rings is 1. The van der Waals surface area contributed by atoms with Crippen LogP contribution >= 0.6 is 0 Å². The van der Waals surface area contributed by atoms with Crippen LogP contribution in [0.1, 0.15) is 12.7 Å². The SMILES string of the molecule is CCOc1cc(NCc2ncc[nH]2)ccc1OC. The standard InChI is InChI=1S/C13H17N3O2/c1-3-18-12-8-10(4-5-11(12)17-2)16-9-13-14-6-7-15-13/h4-8,16H,3,9H2,1-2H3,(H,14,15). The first-order chi connectivity index (χ1) is 8.83. The van der Waals surface area contributed by atoms with Crippen LogP contribution in [0.25, 0.3) is 0 Å². The summed E-state index contributed by atoms with van der Waals surface area (Å²) < 4.78 is 10.7. The average molecular weight is 247 g/mol. The summed E-state index contributed by atoms with van der Waals surface area (Å²) in [6, 6.07) is 5.75. The first-order valence-electron chi connectivity index (χ1n) is 5.86. The van der Waals surface area contributed by atoms with Gasteiger partial charge in [0.1, 0.15) is 5.82 Å². The van der Waals surface area contributed by atoms with Crippen LogP contribution in [0.5, 0.6) is 11.5 Å². The van der Waals surface area contributed by atoms with Crippen LogP contribution < -0.4 is 14.8 Å². The number of anilines is 1. The molecule has 96 valence electrons. The van der Waals surface area contributed by atoms with Crippen molar-refractivity contribution >= 4 is 5.69 Å². The Morgan fingerprint density at radius 2 is 2.22 bits per heavy atom. The number of aromatic amines is 1. The fourth-order valence-electron chi connectivity index (χ4n) is 1.64. The Morgan fingerprint density at radius 3 is 2.89 bits per heavy atom. The fraction of sp³-hybridized carbons (Fsp3) is 0.308. The molecule has 1 aromatic heterocycles. The highest BCUT2D eigenvalue weighted by molar-refractivity contribution is 5.54. The summed E-state index contributed by atoms with van der Waals surface area (Å²) >= 11 is 0. The summed E-state index contributed by atoms with van der Waals surface area (Å²) in [5.41, 5.74) is 0.968. The van der Waals surface area contributed by atoms with Crippen LogP contribution in [0.4, 0.5) is 5.69 Å². The van der Waals surface area contributed by atoms with Gasteiger partial charge in [0, 0.05) is 24.1 Å². The molecule has 0 unspecified atom stereocenters. The number of aromatic nitrogens is 2. The van der Waals surface area contributed by atoms with Gasteiger partial charge in [0.2, 0.25) is 0 Å². The predicted molar refractivity (Wildman–Crippen MR) is 70.1 cm³/mol. The molecule has 0 amide bonds. The molecule has 5 heteroatoms. The fourth-order valence-corrected chi connectivity index (χ4v) is 1.64. The largest absolute Gasteiger partial charge is 0.493 e. The number of hydrogen-bond donors (Lipinski definition) is 2. The minimum atomic E-state index is 0.609. The summed E-state index contributed by atoms with van der Waals surface area (Å²) in [7, 11) is 1.63. The van der Waals surface area contributed by atoms with Gasteiger partial charge in [0.25, 0.3) is 0 Å². The molecule has 1 aromatic carbocycles. The summed E-state index contributed by atoms with van der Waals surface area (Å²) in [5.74, 6) is 2.37. The molecule has 0 radical (unpaired) electrons. The van der Waals surface area contributed by atoms with Crippen molar-refractivity contribution < 1.29 is 9.47 Å². The molecule has 0 saturated heterocycles. The van der Waals surface area contributed by atoms with E-state index in [-0.39, 0.29) is 0 Å². The van der Waals surface area contributed by atoms with Crippen molar-refractivity contribution in [3.63, 3.8) is 0 Å². The molecule has 2 aromatic rings. The van der Waals surface area contributed by atoms with E-state index in [2.05, 4.69) is 15.3 Å². The quantitative estimate of drug-likeness (QED) is 0.823. The van der Waals surface area contributed by atoms with E-state index in [1.54, 1.807) is 19.5 Å².